The molecule has 1 aliphatic heterocycles. The van der Waals surface area contributed by atoms with Crippen LogP contribution in [0.25, 0.3) is 11.1 Å². The molecule has 0 radical (unpaired) electrons. The first kappa shape index (κ1) is 17.0. The number of nitrogens with zero attached hydrogens (tertiary/aromatic N) is 2. The molecule has 0 saturated heterocycles. The molecule has 2 aromatic carbocycles. The van der Waals surface area contributed by atoms with E-state index in [0.29, 0.717) is 19.7 Å². The normalized spacial score (nSPS) is 15.0. The number of rotatable bonds is 2. The predicted molar refractivity (Wildman–Crippen MR) is 108 cm³/mol. The van der Waals surface area contributed by atoms with Gasteiger partial charge in [-0.1, -0.05) is 54.6 Å². The summed E-state index contributed by atoms with van der Waals surface area (Å²) in [4.78, 5) is 19.0. The van der Waals surface area contributed by atoms with Gasteiger partial charge in [-0.3, -0.25) is 4.98 Å². The van der Waals surface area contributed by atoms with Crippen molar-refractivity contribution < 1.29 is 9.53 Å². The van der Waals surface area contributed by atoms with Crippen molar-refractivity contribution in [3.63, 3.8) is 0 Å². The van der Waals surface area contributed by atoms with Crippen LogP contribution in [0.4, 0.5) is 4.79 Å². The molecule has 0 N–H and O–H groups in total. The van der Waals surface area contributed by atoms with E-state index in [9.17, 15) is 4.79 Å². The molecule has 5 rings (SSSR count). The maximum absolute atomic E-state index is 12.7. The number of carbonyl (C=O) groups is 1. The van der Waals surface area contributed by atoms with Crippen LogP contribution in [0, 0.1) is 6.92 Å². The number of aromatic nitrogens is 1. The summed E-state index contributed by atoms with van der Waals surface area (Å²) in [6.07, 6.45) is 2.43. The van der Waals surface area contributed by atoms with Crippen molar-refractivity contribution >= 4 is 6.09 Å². The number of carbonyl (C=O) groups excluding carboxylic acids is 1. The summed E-state index contributed by atoms with van der Waals surface area (Å²) in [6.45, 7) is 3.60. The van der Waals surface area contributed by atoms with E-state index < -0.39 is 0 Å². The smallest absolute Gasteiger partial charge is 0.410 e. The Balaban J connectivity index is 1.32. The van der Waals surface area contributed by atoms with Crippen LogP contribution in [0.3, 0.4) is 0 Å². The van der Waals surface area contributed by atoms with Crippen molar-refractivity contribution in [2.45, 2.75) is 25.8 Å². The summed E-state index contributed by atoms with van der Waals surface area (Å²) in [5.74, 6) is 0.0919. The molecule has 140 valence electrons. The predicted octanol–water partition coefficient (Wildman–Crippen LogP) is 4.70. The minimum Gasteiger partial charge on any atom is -0.448 e. The highest BCUT2D eigenvalue weighted by molar-refractivity contribution is 5.79. The third kappa shape index (κ3) is 2.85. The molecular weight excluding hydrogens is 348 g/mol. The van der Waals surface area contributed by atoms with Crippen LogP contribution < -0.4 is 0 Å². The molecule has 3 aromatic rings. The lowest BCUT2D eigenvalue weighted by Crippen LogP contribution is -2.37. The van der Waals surface area contributed by atoms with Gasteiger partial charge in [-0.05, 0) is 46.7 Å². The van der Waals surface area contributed by atoms with E-state index in [4.69, 9.17) is 4.74 Å². The molecule has 1 aromatic heterocycles. The minimum atomic E-state index is -0.255. The number of pyridine rings is 1. The second kappa shape index (κ2) is 6.79. The number of amides is 1. The Morgan fingerprint density at radius 2 is 1.79 bits per heavy atom. The van der Waals surface area contributed by atoms with Crippen LogP contribution in [0.1, 0.15) is 33.9 Å². The van der Waals surface area contributed by atoms with E-state index in [2.05, 4.69) is 59.6 Å². The van der Waals surface area contributed by atoms with Gasteiger partial charge < -0.3 is 9.64 Å². The fraction of sp³-hybridized carbons (Fsp3) is 0.250. The van der Waals surface area contributed by atoms with Gasteiger partial charge >= 0.3 is 6.09 Å². The highest BCUT2D eigenvalue weighted by atomic mass is 16.6. The monoisotopic (exact) mass is 370 g/mol. The third-order valence-corrected chi connectivity index (χ3v) is 5.78. The van der Waals surface area contributed by atoms with Crippen molar-refractivity contribution in [2.75, 3.05) is 13.2 Å². The molecule has 0 spiro atoms. The largest absolute Gasteiger partial charge is 0.448 e. The Morgan fingerprint density at radius 3 is 2.50 bits per heavy atom. The van der Waals surface area contributed by atoms with Gasteiger partial charge in [0.25, 0.3) is 0 Å². The fourth-order valence-corrected chi connectivity index (χ4v) is 4.37. The van der Waals surface area contributed by atoms with Crippen LogP contribution in [0.2, 0.25) is 0 Å². The van der Waals surface area contributed by atoms with E-state index in [1.54, 1.807) is 4.90 Å². The summed E-state index contributed by atoms with van der Waals surface area (Å²) in [7, 11) is 0. The van der Waals surface area contributed by atoms with Crippen LogP contribution in [0.5, 0.6) is 0 Å². The van der Waals surface area contributed by atoms with Gasteiger partial charge in [0.15, 0.2) is 0 Å². The molecule has 1 amide bonds. The lowest BCUT2D eigenvalue weighted by molar-refractivity contribution is 0.0947. The number of hydrogen-bond donors (Lipinski definition) is 0. The Kier molecular flexibility index (Phi) is 4.12. The zero-order chi connectivity index (χ0) is 19.1. The molecule has 2 heterocycles. The van der Waals surface area contributed by atoms with Gasteiger partial charge in [0.05, 0.1) is 12.2 Å². The second-order valence-electron chi connectivity index (χ2n) is 7.59. The van der Waals surface area contributed by atoms with E-state index >= 15 is 0 Å². The summed E-state index contributed by atoms with van der Waals surface area (Å²) in [5, 5.41) is 0. The SMILES string of the molecule is Cc1cnc2c(c1)CCN(C(=O)OCC1c3ccccc3-c3ccccc31)C2. The quantitative estimate of drug-likeness (QED) is 0.657. The lowest BCUT2D eigenvalue weighted by atomic mass is 9.98. The number of benzene rings is 2. The first-order chi connectivity index (χ1) is 13.7. The average molecular weight is 370 g/mol. The van der Waals surface area contributed by atoms with E-state index in [0.717, 1.165) is 17.7 Å². The molecule has 0 fully saturated rings. The van der Waals surface area contributed by atoms with Crippen molar-refractivity contribution in [2.24, 2.45) is 0 Å². The Hall–Kier alpha value is -3.14. The van der Waals surface area contributed by atoms with Gasteiger partial charge in [0.2, 0.25) is 0 Å². The van der Waals surface area contributed by atoms with E-state index in [-0.39, 0.29) is 12.0 Å². The molecule has 4 heteroatoms. The van der Waals surface area contributed by atoms with Crippen molar-refractivity contribution in [3.8, 4) is 11.1 Å². The van der Waals surface area contributed by atoms with Gasteiger partial charge in [0.1, 0.15) is 6.61 Å². The average Bonchev–Trinajstić information content (AvgIpc) is 3.05. The van der Waals surface area contributed by atoms with E-state index in [1.807, 2.05) is 13.1 Å². The molecular formula is C24H22N2O2. The molecule has 2 aliphatic rings. The van der Waals surface area contributed by atoms with Crippen molar-refractivity contribution in [1.82, 2.24) is 9.88 Å². The molecule has 0 bridgehead atoms. The van der Waals surface area contributed by atoms with E-state index in [1.165, 1.54) is 27.8 Å². The fourth-order valence-electron chi connectivity index (χ4n) is 4.37. The maximum Gasteiger partial charge on any atom is 0.410 e. The van der Waals surface area contributed by atoms with Crippen LogP contribution in [0.15, 0.2) is 60.8 Å². The third-order valence-electron chi connectivity index (χ3n) is 5.78. The zero-order valence-corrected chi connectivity index (χ0v) is 15.9. The summed E-state index contributed by atoms with van der Waals surface area (Å²) >= 11 is 0. The standard InChI is InChI=1S/C24H22N2O2/c1-16-12-17-10-11-26(14-23(17)25-13-16)24(27)28-15-22-20-8-4-2-6-18(20)19-7-3-5-9-21(19)22/h2-9,12-13,22H,10-11,14-15H2,1H3. The summed E-state index contributed by atoms with van der Waals surface area (Å²) in [6, 6.07) is 18.9. The van der Waals surface area contributed by atoms with Crippen LogP contribution in [-0.2, 0) is 17.7 Å². The number of fused-ring (bicyclic) bond motifs is 4. The molecule has 0 saturated carbocycles. The van der Waals surface area contributed by atoms with Crippen LogP contribution in [-0.4, -0.2) is 29.1 Å². The number of aryl methyl sites for hydroxylation is 1. The first-order valence-electron chi connectivity index (χ1n) is 9.75. The van der Waals surface area contributed by atoms with Crippen LogP contribution >= 0.6 is 0 Å². The molecule has 4 nitrogen and oxygen atoms in total. The number of ether oxygens (including phenoxy) is 1. The lowest BCUT2D eigenvalue weighted by Gasteiger charge is -2.28. The maximum atomic E-state index is 12.7. The van der Waals surface area contributed by atoms with Crippen molar-refractivity contribution in [1.29, 1.82) is 0 Å². The molecule has 0 atom stereocenters. The summed E-state index contributed by atoms with van der Waals surface area (Å²) in [5.41, 5.74) is 8.33. The van der Waals surface area contributed by atoms with Gasteiger partial charge in [-0.2, -0.15) is 0 Å². The van der Waals surface area contributed by atoms with Gasteiger partial charge in [0, 0.05) is 18.7 Å². The van der Waals surface area contributed by atoms with Crippen molar-refractivity contribution in [3.05, 3.63) is 88.7 Å². The Morgan fingerprint density at radius 1 is 1.11 bits per heavy atom. The highest BCUT2D eigenvalue weighted by Crippen LogP contribution is 2.44. The second-order valence-corrected chi connectivity index (χ2v) is 7.59. The number of hydrogen-bond acceptors (Lipinski definition) is 3. The minimum absolute atomic E-state index is 0.0919. The Bertz CT molecular complexity index is 1010. The molecule has 28 heavy (non-hydrogen) atoms. The first-order valence-corrected chi connectivity index (χ1v) is 9.75. The zero-order valence-electron chi connectivity index (χ0n) is 15.9. The molecule has 1 aliphatic carbocycles. The topological polar surface area (TPSA) is 42.4 Å². The summed E-state index contributed by atoms with van der Waals surface area (Å²) < 4.78 is 5.78. The molecule has 0 unspecified atom stereocenters. The van der Waals surface area contributed by atoms with Gasteiger partial charge in [-0.15, -0.1) is 0 Å². The van der Waals surface area contributed by atoms with Gasteiger partial charge in [-0.25, -0.2) is 4.79 Å². The Labute approximate surface area is 164 Å². The highest BCUT2D eigenvalue weighted by Gasteiger charge is 2.30.